The fraction of sp³-hybridized carbons (Fsp3) is 0.556. The maximum absolute atomic E-state index is 5.66. The molecule has 0 atom stereocenters. The Morgan fingerprint density at radius 3 is 2.58 bits per heavy atom. The molecule has 2 nitrogen and oxygen atoms in total. The SMILES string of the molecule is CCCN(CC)c1ccc(N)s1. The molecule has 0 aliphatic carbocycles. The van der Waals surface area contributed by atoms with Crippen LogP contribution in [0.1, 0.15) is 20.3 Å². The summed E-state index contributed by atoms with van der Waals surface area (Å²) in [5.41, 5.74) is 5.66. The first-order chi connectivity index (χ1) is 5.77. The van der Waals surface area contributed by atoms with Crippen LogP contribution in [0.25, 0.3) is 0 Å². The van der Waals surface area contributed by atoms with Gasteiger partial charge in [0.25, 0.3) is 0 Å². The highest BCUT2D eigenvalue weighted by atomic mass is 32.1. The van der Waals surface area contributed by atoms with Crippen molar-refractivity contribution in [1.29, 1.82) is 0 Å². The van der Waals surface area contributed by atoms with Crippen molar-refractivity contribution in [3.8, 4) is 0 Å². The molecule has 2 N–H and O–H groups in total. The molecule has 0 unspecified atom stereocenters. The van der Waals surface area contributed by atoms with E-state index >= 15 is 0 Å². The van der Waals surface area contributed by atoms with Crippen LogP contribution < -0.4 is 10.6 Å². The Bertz CT molecular complexity index is 232. The molecule has 1 rings (SSSR count). The summed E-state index contributed by atoms with van der Waals surface area (Å²) in [5, 5.41) is 2.19. The largest absolute Gasteiger partial charge is 0.391 e. The Morgan fingerprint density at radius 1 is 1.42 bits per heavy atom. The maximum atomic E-state index is 5.66. The Hall–Kier alpha value is -0.700. The molecule has 0 amide bonds. The molecular formula is C9H16N2S. The molecule has 1 heterocycles. The van der Waals surface area contributed by atoms with Gasteiger partial charge in [-0.25, -0.2) is 0 Å². The van der Waals surface area contributed by atoms with E-state index in [-0.39, 0.29) is 0 Å². The van der Waals surface area contributed by atoms with Crippen LogP contribution in [-0.4, -0.2) is 13.1 Å². The number of hydrogen-bond donors (Lipinski definition) is 1. The summed E-state index contributed by atoms with van der Waals surface area (Å²) in [4.78, 5) is 2.35. The quantitative estimate of drug-likeness (QED) is 0.779. The Labute approximate surface area is 78.0 Å². The predicted octanol–water partition coefficient (Wildman–Crippen LogP) is 2.57. The molecule has 0 aliphatic rings. The molecule has 12 heavy (non-hydrogen) atoms. The van der Waals surface area contributed by atoms with E-state index in [2.05, 4.69) is 24.8 Å². The Morgan fingerprint density at radius 2 is 2.17 bits per heavy atom. The van der Waals surface area contributed by atoms with Crippen LogP contribution in [0, 0.1) is 0 Å². The second-order valence-corrected chi connectivity index (χ2v) is 3.85. The van der Waals surface area contributed by atoms with Gasteiger partial charge in [-0.2, -0.15) is 0 Å². The molecule has 0 aliphatic heterocycles. The van der Waals surface area contributed by atoms with Crippen LogP contribution in [0.5, 0.6) is 0 Å². The number of hydrogen-bond acceptors (Lipinski definition) is 3. The first-order valence-electron chi connectivity index (χ1n) is 4.38. The van der Waals surface area contributed by atoms with Crippen LogP contribution in [-0.2, 0) is 0 Å². The molecule has 0 saturated heterocycles. The second kappa shape index (κ2) is 4.36. The third-order valence-electron chi connectivity index (χ3n) is 1.80. The van der Waals surface area contributed by atoms with Crippen molar-refractivity contribution in [3.63, 3.8) is 0 Å². The van der Waals surface area contributed by atoms with Gasteiger partial charge in [-0.15, -0.1) is 11.3 Å². The first-order valence-corrected chi connectivity index (χ1v) is 5.19. The van der Waals surface area contributed by atoms with Crippen molar-refractivity contribution in [3.05, 3.63) is 12.1 Å². The lowest BCUT2D eigenvalue weighted by atomic mass is 10.4. The lowest BCUT2D eigenvalue weighted by Crippen LogP contribution is -2.22. The summed E-state index contributed by atoms with van der Waals surface area (Å²) in [5.74, 6) is 0. The van der Waals surface area contributed by atoms with Gasteiger partial charge in [0, 0.05) is 13.1 Å². The number of nitrogens with zero attached hydrogens (tertiary/aromatic N) is 1. The maximum Gasteiger partial charge on any atom is 0.0929 e. The Balaban J connectivity index is 2.66. The van der Waals surface area contributed by atoms with Crippen LogP contribution >= 0.6 is 11.3 Å². The average Bonchev–Trinajstić information content (AvgIpc) is 2.47. The standard InChI is InChI=1S/C9H16N2S/c1-3-7-11(4-2)9-6-5-8(10)12-9/h5-6H,3-4,7,10H2,1-2H3. The summed E-state index contributed by atoms with van der Waals surface area (Å²) in [6.45, 7) is 6.55. The lowest BCUT2D eigenvalue weighted by Gasteiger charge is -2.19. The van der Waals surface area contributed by atoms with Crippen LogP contribution in [0.3, 0.4) is 0 Å². The highest BCUT2D eigenvalue weighted by Crippen LogP contribution is 2.27. The number of nitrogens with two attached hydrogens (primary N) is 1. The van der Waals surface area contributed by atoms with Gasteiger partial charge < -0.3 is 10.6 Å². The van der Waals surface area contributed by atoms with E-state index in [1.54, 1.807) is 11.3 Å². The first kappa shape index (κ1) is 9.39. The minimum Gasteiger partial charge on any atom is -0.391 e. The van der Waals surface area contributed by atoms with E-state index in [9.17, 15) is 0 Å². The van der Waals surface area contributed by atoms with Crippen molar-refractivity contribution in [2.45, 2.75) is 20.3 Å². The summed E-state index contributed by atoms with van der Waals surface area (Å²) in [6, 6.07) is 4.07. The molecule has 1 aromatic rings. The van der Waals surface area contributed by atoms with E-state index in [0.717, 1.165) is 18.1 Å². The summed E-state index contributed by atoms with van der Waals surface area (Å²) < 4.78 is 0. The minimum absolute atomic E-state index is 0.902. The van der Waals surface area contributed by atoms with E-state index in [1.165, 1.54) is 11.4 Å². The van der Waals surface area contributed by atoms with Crippen molar-refractivity contribution in [2.75, 3.05) is 23.7 Å². The van der Waals surface area contributed by atoms with E-state index in [1.807, 2.05) is 6.07 Å². The molecule has 0 fully saturated rings. The van der Waals surface area contributed by atoms with Crippen LogP contribution in [0.2, 0.25) is 0 Å². The van der Waals surface area contributed by atoms with Gasteiger partial charge in [0.1, 0.15) is 0 Å². The summed E-state index contributed by atoms with van der Waals surface area (Å²) in [7, 11) is 0. The molecule has 68 valence electrons. The average molecular weight is 184 g/mol. The molecule has 0 saturated carbocycles. The fourth-order valence-corrected chi connectivity index (χ4v) is 2.07. The highest BCUT2D eigenvalue weighted by Gasteiger charge is 2.04. The highest BCUT2D eigenvalue weighted by molar-refractivity contribution is 7.19. The van der Waals surface area contributed by atoms with Crippen molar-refractivity contribution >= 4 is 21.3 Å². The number of anilines is 2. The van der Waals surface area contributed by atoms with Crippen LogP contribution in [0.15, 0.2) is 12.1 Å². The molecular weight excluding hydrogens is 168 g/mol. The van der Waals surface area contributed by atoms with Gasteiger partial charge >= 0.3 is 0 Å². The number of thiophene rings is 1. The molecule has 0 spiro atoms. The van der Waals surface area contributed by atoms with Gasteiger partial charge in [-0.1, -0.05) is 6.92 Å². The zero-order valence-electron chi connectivity index (χ0n) is 7.71. The molecule has 0 aromatic carbocycles. The predicted molar refractivity (Wildman–Crippen MR) is 56.9 cm³/mol. The minimum atomic E-state index is 0.902. The van der Waals surface area contributed by atoms with Gasteiger partial charge in [0.05, 0.1) is 10.0 Å². The topological polar surface area (TPSA) is 29.3 Å². The summed E-state index contributed by atoms with van der Waals surface area (Å²) >= 11 is 1.66. The lowest BCUT2D eigenvalue weighted by molar-refractivity contribution is 0.799. The monoisotopic (exact) mass is 184 g/mol. The Kier molecular flexibility index (Phi) is 3.41. The van der Waals surface area contributed by atoms with E-state index < -0.39 is 0 Å². The number of rotatable bonds is 4. The van der Waals surface area contributed by atoms with Crippen molar-refractivity contribution in [2.24, 2.45) is 0 Å². The normalized spacial score (nSPS) is 10.2. The van der Waals surface area contributed by atoms with Gasteiger partial charge in [-0.3, -0.25) is 0 Å². The molecule has 1 aromatic heterocycles. The van der Waals surface area contributed by atoms with E-state index in [4.69, 9.17) is 5.73 Å². The fourth-order valence-electron chi connectivity index (χ4n) is 1.21. The molecule has 0 radical (unpaired) electrons. The van der Waals surface area contributed by atoms with Crippen molar-refractivity contribution < 1.29 is 0 Å². The van der Waals surface area contributed by atoms with Gasteiger partial charge in [0.2, 0.25) is 0 Å². The molecule has 3 heteroatoms. The van der Waals surface area contributed by atoms with Crippen molar-refractivity contribution in [1.82, 2.24) is 0 Å². The third-order valence-corrected chi connectivity index (χ3v) is 2.77. The van der Waals surface area contributed by atoms with Gasteiger partial charge in [-0.05, 0) is 25.5 Å². The molecule has 0 bridgehead atoms. The summed E-state index contributed by atoms with van der Waals surface area (Å²) in [6.07, 6.45) is 1.19. The van der Waals surface area contributed by atoms with Crippen LogP contribution in [0.4, 0.5) is 10.0 Å². The smallest absolute Gasteiger partial charge is 0.0929 e. The van der Waals surface area contributed by atoms with E-state index in [0.29, 0.717) is 0 Å². The second-order valence-electron chi connectivity index (χ2n) is 2.76. The zero-order valence-corrected chi connectivity index (χ0v) is 8.53. The number of nitrogen functional groups attached to an aromatic ring is 1. The van der Waals surface area contributed by atoms with Gasteiger partial charge in [0.15, 0.2) is 0 Å². The third kappa shape index (κ3) is 2.14. The zero-order chi connectivity index (χ0) is 8.97.